The molecule has 1 fully saturated rings. The van der Waals surface area contributed by atoms with Crippen molar-refractivity contribution in [1.29, 1.82) is 0 Å². The monoisotopic (exact) mass is 250 g/mol. The van der Waals surface area contributed by atoms with E-state index in [1.807, 2.05) is 24.0 Å². The van der Waals surface area contributed by atoms with E-state index in [-0.39, 0.29) is 5.91 Å². The molecule has 100 valence electrons. The second-order valence-corrected chi connectivity index (χ2v) is 4.91. The van der Waals surface area contributed by atoms with Crippen LogP contribution in [0.4, 0.5) is 0 Å². The lowest BCUT2D eigenvalue weighted by Gasteiger charge is -2.20. The van der Waals surface area contributed by atoms with E-state index < -0.39 is 0 Å². The van der Waals surface area contributed by atoms with E-state index in [2.05, 4.69) is 5.32 Å². The van der Waals surface area contributed by atoms with E-state index in [1.165, 1.54) is 12.8 Å². The molecule has 18 heavy (non-hydrogen) atoms. The first-order valence-electron chi connectivity index (χ1n) is 6.79. The molecule has 0 atom stereocenters. The van der Waals surface area contributed by atoms with Gasteiger partial charge in [-0.1, -0.05) is 12.8 Å². The molecule has 0 radical (unpaired) electrons. The van der Waals surface area contributed by atoms with E-state index in [1.54, 1.807) is 0 Å². The average molecular weight is 250 g/mol. The topological polar surface area (TPSA) is 45.5 Å². The number of rotatable bonds is 4. The van der Waals surface area contributed by atoms with Crippen LogP contribution in [0, 0.1) is 6.92 Å². The summed E-state index contributed by atoms with van der Waals surface area (Å²) in [6, 6.07) is 3.88. The number of carbonyl (C=O) groups excluding carboxylic acids is 1. The summed E-state index contributed by atoms with van der Waals surface area (Å²) >= 11 is 0. The van der Waals surface area contributed by atoms with Gasteiger partial charge >= 0.3 is 0 Å². The van der Waals surface area contributed by atoms with Crippen molar-refractivity contribution in [1.82, 2.24) is 10.2 Å². The summed E-state index contributed by atoms with van der Waals surface area (Å²) < 4.78 is 5.44. The van der Waals surface area contributed by atoms with Crippen LogP contribution in [0.2, 0.25) is 0 Å². The van der Waals surface area contributed by atoms with Crippen LogP contribution in [0.5, 0.6) is 0 Å². The molecule has 0 spiro atoms. The van der Waals surface area contributed by atoms with Crippen molar-refractivity contribution in [3.63, 3.8) is 0 Å². The van der Waals surface area contributed by atoms with E-state index >= 15 is 0 Å². The summed E-state index contributed by atoms with van der Waals surface area (Å²) in [6.07, 6.45) is 4.79. The Hall–Kier alpha value is -1.29. The smallest absolute Gasteiger partial charge is 0.236 e. The number of furan rings is 1. The normalized spacial score (nSPS) is 16.6. The minimum atomic E-state index is 0.208. The lowest BCUT2D eigenvalue weighted by molar-refractivity contribution is -0.130. The molecule has 1 aliphatic heterocycles. The summed E-state index contributed by atoms with van der Waals surface area (Å²) in [4.78, 5) is 14.0. The molecule has 2 heterocycles. The van der Waals surface area contributed by atoms with Crippen molar-refractivity contribution in [3.8, 4) is 0 Å². The molecule has 1 aromatic rings. The van der Waals surface area contributed by atoms with E-state index in [4.69, 9.17) is 4.42 Å². The van der Waals surface area contributed by atoms with Gasteiger partial charge in [-0.25, -0.2) is 0 Å². The third-order valence-electron chi connectivity index (χ3n) is 3.33. The Morgan fingerprint density at radius 1 is 1.28 bits per heavy atom. The van der Waals surface area contributed by atoms with Gasteiger partial charge in [-0.2, -0.15) is 0 Å². The van der Waals surface area contributed by atoms with Gasteiger partial charge in [0.05, 0.1) is 13.1 Å². The maximum atomic E-state index is 12.0. The predicted molar refractivity (Wildman–Crippen MR) is 70.2 cm³/mol. The Morgan fingerprint density at radius 3 is 2.61 bits per heavy atom. The van der Waals surface area contributed by atoms with Crippen LogP contribution < -0.4 is 5.32 Å². The van der Waals surface area contributed by atoms with Crippen LogP contribution in [0.3, 0.4) is 0 Å². The first-order chi connectivity index (χ1) is 8.75. The molecule has 1 aromatic heterocycles. The summed E-state index contributed by atoms with van der Waals surface area (Å²) in [6.45, 7) is 4.78. The zero-order valence-electron chi connectivity index (χ0n) is 11.1. The largest absolute Gasteiger partial charge is 0.465 e. The van der Waals surface area contributed by atoms with E-state index in [9.17, 15) is 4.79 Å². The maximum Gasteiger partial charge on any atom is 0.236 e. The second-order valence-electron chi connectivity index (χ2n) is 4.91. The Kier molecular flexibility index (Phi) is 4.81. The highest BCUT2D eigenvalue weighted by atomic mass is 16.3. The third-order valence-corrected chi connectivity index (χ3v) is 3.33. The first-order valence-corrected chi connectivity index (χ1v) is 6.79. The van der Waals surface area contributed by atoms with Gasteiger partial charge in [0.15, 0.2) is 0 Å². The Morgan fingerprint density at radius 2 is 2.00 bits per heavy atom. The number of hydrogen-bond acceptors (Lipinski definition) is 3. The van der Waals surface area contributed by atoms with Gasteiger partial charge in [-0.05, 0) is 31.9 Å². The summed E-state index contributed by atoms with van der Waals surface area (Å²) in [5.41, 5.74) is 0. The molecular weight excluding hydrogens is 228 g/mol. The quantitative estimate of drug-likeness (QED) is 0.890. The summed E-state index contributed by atoms with van der Waals surface area (Å²) in [7, 11) is 0. The van der Waals surface area contributed by atoms with Crippen LogP contribution in [-0.2, 0) is 11.3 Å². The lowest BCUT2D eigenvalue weighted by atomic mass is 10.2. The fraction of sp³-hybridized carbons (Fsp3) is 0.643. The number of amides is 1. The zero-order valence-corrected chi connectivity index (χ0v) is 11.1. The minimum absolute atomic E-state index is 0.208. The lowest BCUT2D eigenvalue weighted by Crippen LogP contribution is -2.38. The molecule has 4 nitrogen and oxygen atoms in total. The molecule has 4 heteroatoms. The van der Waals surface area contributed by atoms with Crippen molar-refractivity contribution in [2.24, 2.45) is 0 Å². The molecule has 1 aliphatic rings. The minimum Gasteiger partial charge on any atom is -0.465 e. The van der Waals surface area contributed by atoms with Crippen molar-refractivity contribution in [3.05, 3.63) is 23.7 Å². The van der Waals surface area contributed by atoms with Crippen LogP contribution >= 0.6 is 0 Å². The third kappa shape index (κ3) is 3.88. The SMILES string of the molecule is Cc1ccc(CNCC(=O)N2CCCCCC2)o1. The number of hydrogen-bond donors (Lipinski definition) is 1. The van der Waals surface area contributed by atoms with Crippen LogP contribution in [0.25, 0.3) is 0 Å². The highest BCUT2D eigenvalue weighted by Gasteiger charge is 2.14. The van der Waals surface area contributed by atoms with Gasteiger partial charge in [0.1, 0.15) is 11.5 Å². The number of aryl methyl sites for hydroxylation is 1. The van der Waals surface area contributed by atoms with Gasteiger partial charge in [-0.3, -0.25) is 4.79 Å². The molecule has 0 bridgehead atoms. The summed E-state index contributed by atoms with van der Waals surface area (Å²) in [5, 5.41) is 3.15. The van der Waals surface area contributed by atoms with Gasteiger partial charge in [0, 0.05) is 13.1 Å². The zero-order chi connectivity index (χ0) is 12.8. The van der Waals surface area contributed by atoms with E-state index in [0.29, 0.717) is 13.1 Å². The Labute approximate surface area is 108 Å². The highest BCUT2D eigenvalue weighted by molar-refractivity contribution is 5.78. The molecule has 1 amide bonds. The van der Waals surface area contributed by atoms with Gasteiger partial charge in [0.2, 0.25) is 5.91 Å². The standard InChI is InChI=1S/C14H22N2O2/c1-12-6-7-13(18-12)10-15-11-14(17)16-8-4-2-3-5-9-16/h6-7,15H,2-5,8-11H2,1H3. The molecule has 0 unspecified atom stereocenters. The first kappa shape index (κ1) is 13.1. The molecule has 0 aromatic carbocycles. The van der Waals surface area contributed by atoms with Crippen molar-refractivity contribution in [2.75, 3.05) is 19.6 Å². The number of carbonyl (C=O) groups is 1. The number of nitrogens with one attached hydrogen (secondary N) is 1. The van der Waals surface area contributed by atoms with Crippen LogP contribution in [0.15, 0.2) is 16.5 Å². The molecule has 0 aliphatic carbocycles. The molecule has 2 rings (SSSR count). The predicted octanol–water partition coefficient (Wildman–Crippen LogP) is 2.08. The van der Waals surface area contributed by atoms with Crippen molar-refractivity contribution >= 4 is 5.91 Å². The summed E-state index contributed by atoms with van der Waals surface area (Å²) in [5.74, 6) is 2.00. The van der Waals surface area contributed by atoms with Crippen LogP contribution in [-0.4, -0.2) is 30.4 Å². The van der Waals surface area contributed by atoms with Crippen molar-refractivity contribution in [2.45, 2.75) is 39.2 Å². The van der Waals surface area contributed by atoms with Gasteiger partial charge < -0.3 is 14.6 Å². The average Bonchev–Trinajstić information content (AvgIpc) is 2.63. The highest BCUT2D eigenvalue weighted by Crippen LogP contribution is 2.09. The van der Waals surface area contributed by atoms with E-state index in [0.717, 1.165) is 37.5 Å². The molecule has 1 N–H and O–H groups in total. The Bertz CT molecular complexity index is 379. The van der Waals surface area contributed by atoms with Crippen molar-refractivity contribution < 1.29 is 9.21 Å². The van der Waals surface area contributed by atoms with Gasteiger partial charge in [-0.15, -0.1) is 0 Å². The fourth-order valence-corrected chi connectivity index (χ4v) is 2.30. The Balaban J connectivity index is 1.70. The number of likely N-dealkylation sites (tertiary alicyclic amines) is 1. The molecule has 1 saturated heterocycles. The number of nitrogens with zero attached hydrogens (tertiary/aromatic N) is 1. The molecular formula is C14H22N2O2. The fourth-order valence-electron chi connectivity index (χ4n) is 2.30. The van der Waals surface area contributed by atoms with Crippen LogP contribution in [0.1, 0.15) is 37.2 Å². The second kappa shape index (κ2) is 6.59. The van der Waals surface area contributed by atoms with Gasteiger partial charge in [0.25, 0.3) is 0 Å². The maximum absolute atomic E-state index is 12.0. The molecule has 0 saturated carbocycles.